The number of esters is 1. The highest BCUT2D eigenvalue weighted by Crippen LogP contribution is 2.33. The van der Waals surface area contributed by atoms with E-state index in [0.29, 0.717) is 11.4 Å². The van der Waals surface area contributed by atoms with Crippen LogP contribution in [-0.4, -0.2) is 24.1 Å². The van der Waals surface area contributed by atoms with Gasteiger partial charge in [0, 0.05) is 11.6 Å². The molecule has 20 heavy (non-hydrogen) atoms. The standard InChI is InChI=1S/C15H17ClN2O2/c1-4-12(15(19)20-3)18-14-10-6-5-7-17-13(10)9(2)8-11(14)16/h5-8,12,18H,4H2,1-3H3. The lowest BCUT2D eigenvalue weighted by Crippen LogP contribution is -2.30. The second kappa shape index (κ2) is 6.09. The fraction of sp³-hybridized carbons (Fsp3) is 0.333. The quantitative estimate of drug-likeness (QED) is 0.876. The summed E-state index contributed by atoms with van der Waals surface area (Å²) in [6.07, 6.45) is 2.35. The first kappa shape index (κ1) is 14.6. The molecule has 5 heteroatoms. The monoisotopic (exact) mass is 292 g/mol. The summed E-state index contributed by atoms with van der Waals surface area (Å²) in [5, 5.41) is 4.65. The van der Waals surface area contributed by atoms with Gasteiger partial charge >= 0.3 is 5.97 Å². The first-order valence-electron chi connectivity index (χ1n) is 6.46. The fourth-order valence-electron chi connectivity index (χ4n) is 2.17. The van der Waals surface area contributed by atoms with E-state index in [1.807, 2.05) is 32.0 Å². The van der Waals surface area contributed by atoms with Crippen LogP contribution in [0.25, 0.3) is 10.9 Å². The number of aryl methyl sites for hydroxylation is 1. The lowest BCUT2D eigenvalue weighted by Gasteiger charge is -2.19. The van der Waals surface area contributed by atoms with Crippen LogP contribution in [0, 0.1) is 6.92 Å². The van der Waals surface area contributed by atoms with Crippen molar-refractivity contribution in [2.45, 2.75) is 26.3 Å². The molecule has 2 aromatic rings. The third-order valence-electron chi connectivity index (χ3n) is 3.25. The number of anilines is 1. The number of aromatic nitrogens is 1. The van der Waals surface area contributed by atoms with Gasteiger partial charge in [-0.2, -0.15) is 0 Å². The number of pyridine rings is 1. The van der Waals surface area contributed by atoms with E-state index in [2.05, 4.69) is 10.3 Å². The maximum Gasteiger partial charge on any atom is 0.328 e. The fourth-order valence-corrected chi connectivity index (χ4v) is 2.49. The smallest absolute Gasteiger partial charge is 0.328 e. The lowest BCUT2D eigenvalue weighted by molar-refractivity contribution is -0.141. The van der Waals surface area contributed by atoms with E-state index < -0.39 is 6.04 Å². The van der Waals surface area contributed by atoms with Crippen molar-refractivity contribution in [1.29, 1.82) is 0 Å². The summed E-state index contributed by atoms with van der Waals surface area (Å²) in [7, 11) is 1.38. The van der Waals surface area contributed by atoms with Crippen LogP contribution in [0.15, 0.2) is 24.4 Å². The minimum Gasteiger partial charge on any atom is -0.467 e. The van der Waals surface area contributed by atoms with Crippen molar-refractivity contribution in [2.75, 3.05) is 12.4 Å². The van der Waals surface area contributed by atoms with E-state index >= 15 is 0 Å². The molecule has 1 unspecified atom stereocenters. The molecule has 0 aliphatic rings. The number of rotatable bonds is 4. The summed E-state index contributed by atoms with van der Waals surface area (Å²) in [4.78, 5) is 16.1. The average Bonchev–Trinajstić information content (AvgIpc) is 2.46. The van der Waals surface area contributed by atoms with Gasteiger partial charge in [0.25, 0.3) is 0 Å². The van der Waals surface area contributed by atoms with Crippen LogP contribution in [0.5, 0.6) is 0 Å². The molecule has 0 fully saturated rings. The molecular weight excluding hydrogens is 276 g/mol. The highest BCUT2D eigenvalue weighted by molar-refractivity contribution is 6.35. The summed E-state index contributed by atoms with van der Waals surface area (Å²) >= 11 is 6.32. The summed E-state index contributed by atoms with van der Waals surface area (Å²) in [6.45, 7) is 3.87. The summed E-state index contributed by atoms with van der Waals surface area (Å²) in [6, 6.07) is 5.21. The van der Waals surface area contributed by atoms with E-state index in [0.717, 1.165) is 22.2 Å². The van der Waals surface area contributed by atoms with Crippen molar-refractivity contribution in [2.24, 2.45) is 0 Å². The van der Waals surface area contributed by atoms with Gasteiger partial charge in [-0.3, -0.25) is 4.98 Å². The van der Waals surface area contributed by atoms with Crippen LogP contribution in [0.4, 0.5) is 5.69 Å². The van der Waals surface area contributed by atoms with Gasteiger partial charge in [-0.25, -0.2) is 4.79 Å². The number of fused-ring (bicyclic) bond motifs is 1. The minimum absolute atomic E-state index is 0.304. The Morgan fingerprint density at radius 1 is 1.55 bits per heavy atom. The molecule has 1 N–H and O–H groups in total. The van der Waals surface area contributed by atoms with Crippen molar-refractivity contribution >= 4 is 34.2 Å². The Balaban J connectivity index is 2.51. The Kier molecular flexibility index (Phi) is 4.45. The topological polar surface area (TPSA) is 51.2 Å². The Morgan fingerprint density at radius 2 is 2.30 bits per heavy atom. The molecule has 0 spiro atoms. The molecule has 1 heterocycles. The number of hydrogen-bond acceptors (Lipinski definition) is 4. The lowest BCUT2D eigenvalue weighted by atomic mass is 10.1. The number of methoxy groups -OCH3 is 1. The Bertz CT molecular complexity index is 643. The molecule has 4 nitrogen and oxygen atoms in total. The molecule has 0 bridgehead atoms. The number of benzene rings is 1. The third-order valence-corrected chi connectivity index (χ3v) is 3.54. The Hall–Kier alpha value is -1.81. The molecule has 0 radical (unpaired) electrons. The van der Waals surface area contributed by atoms with E-state index in [9.17, 15) is 4.79 Å². The molecule has 0 saturated heterocycles. The zero-order valence-corrected chi connectivity index (χ0v) is 12.5. The maximum absolute atomic E-state index is 11.7. The number of carbonyl (C=O) groups is 1. The van der Waals surface area contributed by atoms with Crippen molar-refractivity contribution in [1.82, 2.24) is 4.98 Å². The highest BCUT2D eigenvalue weighted by Gasteiger charge is 2.19. The summed E-state index contributed by atoms with van der Waals surface area (Å²) in [5.41, 5.74) is 2.60. The molecule has 0 saturated carbocycles. The van der Waals surface area contributed by atoms with E-state index in [1.54, 1.807) is 6.20 Å². The van der Waals surface area contributed by atoms with Crippen molar-refractivity contribution in [3.05, 3.63) is 35.0 Å². The van der Waals surface area contributed by atoms with Gasteiger partial charge in [0.15, 0.2) is 0 Å². The van der Waals surface area contributed by atoms with Crippen LogP contribution >= 0.6 is 11.6 Å². The number of carbonyl (C=O) groups excluding carboxylic acids is 1. The van der Waals surface area contributed by atoms with Gasteiger partial charge in [-0.15, -0.1) is 0 Å². The number of halogens is 1. The van der Waals surface area contributed by atoms with Gasteiger partial charge in [0.1, 0.15) is 6.04 Å². The molecular formula is C15H17ClN2O2. The zero-order valence-electron chi connectivity index (χ0n) is 11.7. The molecule has 0 aliphatic heterocycles. The predicted molar refractivity (Wildman–Crippen MR) is 81.2 cm³/mol. The van der Waals surface area contributed by atoms with E-state index in [4.69, 9.17) is 16.3 Å². The van der Waals surface area contributed by atoms with Crippen molar-refractivity contribution in [3.63, 3.8) is 0 Å². The van der Waals surface area contributed by atoms with Gasteiger partial charge in [-0.05, 0) is 37.1 Å². The van der Waals surface area contributed by atoms with Crippen LogP contribution in [-0.2, 0) is 9.53 Å². The molecule has 1 aromatic heterocycles. The number of ether oxygens (including phenoxy) is 1. The zero-order chi connectivity index (χ0) is 14.7. The minimum atomic E-state index is -0.427. The van der Waals surface area contributed by atoms with Crippen molar-refractivity contribution < 1.29 is 9.53 Å². The van der Waals surface area contributed by atoms with E-state index in [-0.39, 0.29) is 5.97 Å². The number of nitrogens with zero attached hydrogens (tertiary/aromatic N) is 1. The van der Waals surface area contributed by atoms with Crippen LogP contribution in [0.2, 0.25) is 5.02 Å². The SMILES string of the molecule is CCC(Nc1c(Cl)cc(C)c2ncccc12)C(=O)OC. The van der Waals surface area contributed by atoms with Crippen LogP contribution < -0.4 is 5.32 Å². The van der Waals surface area contributed by atoms with Crippen LogP contribution in [0.3, 0.4) is 0 Å². The van der Waals surface area contributed by atoms with Gasteiger partial charge < -0.3 is 10.1 Å². The molecule has 0 amide bonds. The number of hydrogen-bond donors (Lipinski definition) is 1. The van der Waals surface area contributed by atoms with Gasteiger partial charge in [0.05, 0.1) is 23.3 Å². The molecule has 106 valence electrons. The summed E-state index contributed by atoms with van der Waals surface area (Å²) in [5.74, 6) is -0.304. The third kappa shape index (κ3) is 2.70. The molecule has 1 aromatic carbocycles. The molecule has 0 aliphatic carbocycles. The first-order valence-corrected chi connectivity index (χ1v) is 6.84. The second-order valence-corrected chi connectivity index (χ2v) is 4.99. The number of nitrogens with one attached hydrogen (secondary N) is 1. The second-order valence-electron chi connectivity index (χ2n) is 4.58. The molecule has 2 rings (SSSR count). The summed E-state index contributed by atoms with van der Waals surface area (Å²) < 4.78 is 4.79. The van der Waals surface area contributed by atoms with E-state index in [1.165, 1.54) is 7.11 Å². The Morgan fingerprint density at radius 3 is 2.95 bits per heavy atom. The maximum atomic E-state index is 11.7. The van der Waals surface area contributed by atoms with Gasteiger partial charge in [0.2, 0.25) is 0 Å². The van der Waals surface area contributed by atoms with Gasteiger partial charge in [-0.1, -0.05) is 18.5 Å². The first-order chi connectivity index (χ1) is 9.58. The molecule has 1 atom stereocenters. The predicted octanol–water partition coefficient (Wildman–Crippen LogP) is 3.56. The van der Waals surface area contributed by atoms with Crippen molar-refractivity contribution in [3.8, 4) is 0 Å². The average molecular weight is 293 g/mol. The van der Waals surface area contributed by atoms with Crippen LogP contribution in [0.1, 0.15) is 18.9 Å². The Labute approximate surface area is 123 Å². The highest BCUT2D eigenvalue weighted by atomic mass is 35.5. The normalized spacial score (nSPS) is 12.2. The largest absolute Gasteiger partial charge is 0.467 e.